The molecule has 1 unspecified atom stereocenters. The van der Waals surface area contributed by atoms with Crippen LogP contribution in [-0.2, 0) is 4.74 Å². The van der Waals surface area contributed by atoms with E-state index in [2.05, 4.69) is 20.1 Å². The van der Waals surface area contributed by atoms with E-state index < -0.39 is 6.10 Å². The number of hydrogen-bond acceptors (Lipinski definition) is 6. The van der Waals surface area contributed by atoms with Crippen molar-refractivity contribution >= 4 is 34.0 Å². The zero-order chi connectivity index (χ0) is 25.1. The van der Waals surface area contributed by atoms with Crippen molar-refractivity contribution in [3.8, 4) is 11.5 Å². The number of H-pyrrole nitrogens is 1. The molecule has 184 valence electrons. The standard InChI is InChI=1S/C27H25ClN4O4/c1-29-23-13-31-27-24(25(23)32-16-7-8-19(14-33)35-15-16)21(12-30-27)26(34)20-10-9-18(11-22(20)28)36-17-5-3-2-4-6-17/h2-6,9-13,16,19,26,33-34H,7-8,14-15H2,(H2,30,31,32)/t16-,19+,26?/m1/s1. The van der Waals surface area contributed by atoms with Crippen molar-refractivity contribution in [1.82, 2.24) is 9.97 Å². The molecule has 5 rings (SSSR count). The summed E-state index contributed by atoms with van der Waals surface area (Å²) in [6.45, 7) is 8.05. The van der Waals surface area contributed by atoms with Gasteiger partial charge >= 0.3 is 0 Å². The van der Waals surface area contributed by atoms with Crippen LogP contribution in [0.5, 0.6) is 11.5 Å². The van der Waals surface area contributed by atoms with Crippen molar-refractivity contribution in [3.05, 3.63) is 88.5 Å². The summed E-state index contributed by atoms with van der Waals surface area (Å²) < 4.78 is 11.6. The number of para-hydroxylation sites is 1. The Hall–Kier alpha value is -3.61. The van der Waals surface area contributed by atoms with Gasteiger partial charge in [0.25, 0.3) is 0 Å². The molecule has 1 saturated heterocycles. The smallest absolute Gasteiger partial charge is 0.228 e. The van der Waals surface area contributed by atoms with E-state index in [1.54, 1.807) is 24.4 Å². The fourth-order valence-electron chi connectivity index (χ4n) is 4.41. The molecule has 4 N–H and O–H groups in total. The van der Waals surface area contributed by atoms with Crippen molar-refractivity contribution in [2.75, 3.05) is 18.5 Å². The van der Waals surface area contributed by atoms with Crippen molar-refractivity contribution in [3.63, 3.8) is 0 Å². The molecule has 3 heterocycles. The van der Waals surface area contributed by atoms with Gasteiger partial charge in [0, 0.05) is 34.9 Å². The molecule has 3 atom stereocenters. The third-order valence-corrected chi connectivity index (χ3v) is 6.62. The van der Waals surface area contributed by atoms with Gasteiger partial charge in [0.2, 0.25) is 5.69 Å². The van der Waals surface area contributed by atoms with Crippen LogP contribution >= 0.6 is 11.6 Å². The number of aromatic nitrogens is 2. The predicted molar refractivity (Wildman–Crippen MR) is 138 cm³/mol. The summed E-state index contributed by atoms with van der Waals surface area (Å²) in [5, 5.41) is 25.1. The highest BCUT2D eigenvalue weighted by Crippen LogP contribution is 2.41. The van der Waals surface area contributed by atoms with E-state index in [-0.39, 0.29) is 18.8 Å². The molecule has 2 aromatic heterocycles. The number of ether oxygens (including phenoxy) is 2. The second-order valence-corrected chi connectivity index (χ2v) is 9.06. The molecule has 0 bridgehead atoms. The van der Waals surface area contributed by atoms with E-state index in [1.807, 2.05) is 30.3 Å². The largest absolute Gasteiger partial charge is 0.457 e. The maximum absolute atomic E-state index is 11.4. The van der Waals surface area contributed by atoms with Crippen LogP contribution in [0.3, 0.4) is 0 Å². The normalized spacial score (nSPS) is 18.5. The van der Waals surface area contributed by atoms with Crippen LogP contribution in [0.1, 0.15) is 30.1 Å². The third-order valence-electron chi connectivity index (χ3n) is 6.29. The summed E-state index contributed by atoms with van der Waals surface area (Å²) in [6.07, 6.45) is 3.45. The molecule has 0 amide bonds. The summed E-state index contributed by atoms with van der Waals surface area (Å²) in [6, 6.07) is 14.5. The lowest BCUT2D eigenvalue weighted by Crippen LogP contribution is -2.36. The number of aliphatic hydroxyl groups excluding tert-OH is 2. The van der Waals surface area contributed by atoms with Crippen molar-refractivity contribution in [1.29, 1.82) is 0 Å². The maximum atomic E-state index is 11.4. The molecule has 36 heavy (non-hydrogen) atoms. The highest BCUT2D eigenvalue weighted by atomic mass is 35.5. The third kappa shape index (κ3) is 4.87. The van der Waals surface area contributed by atoms with E-state index in [4.69, 9.17) is 27.6 Å². The topological polar surface area (TPSA) is 104 Å². The molecular formula is C27H25ClN4O4. The Kier molecular flexibility index (Phi) is 7.07. The first-order valence-electron chi connectivity index (χ1n) is 11.6. The van der Waals surface area contributed by atoms with Gasteiger partial charge in [-0.1, -0.05) is 35.9 Å². The molecule has 4 aromatic rings. The minimum Gasteiger partial charge on any atom is -0.457 e. The highest BCUT2D eigenvalue weighted by molar-refractivity contribution is 6.31. The van der Waals surface area contributed by atoms with E-state index in [9.17, 15) is 10.2 Å². The van der Waals surface area contributed by atoms with Crippen LogP contribution in [0.25, 0.3) is 15.9 Å². The van der Waals surface area contributed by atoms with Crippen LogP contribution < -0.4 is 10.1 Å². The minimum absolute atomic E-state index is 0.0103. The molecule has 9 heteroatoms. The number of anilines is 1. The number of nitrogens with one attached hydrogen (secondary N) is 2. The Morgan fingerprint density at radius 2 is 2.03 bits per heavy atom. The van der Waals surface area contributed by atoms with Crippen molar-refractivity contribution in [2.45, 2.75) is 31.1 Å². The monoisotopic (exact) mass is 504 g/mol. The molecule has 8 nitrogen and oxygen atoms in total. The lowest BCUT2D eigenvalue weighted by Gasteiger charge is -2.30. The van der Waals surface area contributed by atoms with Gasteiger partial charge in [-0.25, -0.2) is 9.83 Å². The summed E-state index contributed by atoms with van der Waals surface area (Å²) in [4.78, 5) is 11.1. The minimum atomic E-state index is -1.07. The SMILES string of the molecule is [C-]#[N+]c1cnc2[nH]cc(C(O)c3ccc(Oc4ccccc4)cc3Cl)c2c1N[C@@H]1CC[C@@H](CO)OC1. The summed E-state index contributed by atoms with van der Waals surface area (Å²) in [7, 11) is 0. The Labute approximate surface area is 213 Å². The molecule has 0 saturated carbocycles. The molecule has 2 aromatic carbocycles. The quantitative estimate of drug-likeness (QED) is 0.244. The van der Waals surface area contributed by atoms with Crippen molar-refractivity contribution < 1.29 is 19.7 Å². The van der Waals surface area contributed by atoms with Gasteiger partial charge in [0.1, 0.15) is 23.3 Å². The first-order valence-corrected chi connectivity index (χ1v) is 12.0. The fourth-order valence-corrected chi connectivity index (χ4v) is 4.68. The maximum Gasteiger partial charge on any atom is 0.228 e. The second-order valence-electron chi connectivity index (χ2n) is 8.66. The van der Waals surface area contributed by atoms with Gasteiger partial charge < -0.3 is 30.0 Å². The molecule has 1 fully saturated rings. The molecule has 1 aliphatic rings. The van der Waals surface area contributed by atoms with Gasteiger partial charge in [-0.05, 0) is 37.1 Å². The second kappa shape index (κ2) is 10.6. The van der Waals surface area contributed by atoms with Gasteiger partial charge in [0.15, 0.2) is 0 Å². The molecular weight excluding hydrogens is 480 g/mol. The Bertz CT molecular complexity index is 1390. The van der Waals surface area contributed by atoms with E-state index in [0.29, 0.717) is 63.1 Å². The number of hydrogen-bond donors (Lipinski definition) is 4. The lowest BCUT2D eigenvalue weighted by molar-refractivity contribution is -0.0223. The average molecular weight is 505 g/mol. The number of pyridine rings is 1. The first kappa shape index (κ1) is 24.1. The Balaban J connectivity index is 1.46. The van der Waals surface area contributed by atoms with Gasteiger partial charge in [-0.3, -0.25) is 0 Å². The fraction of sp³-hybridized carbons (Fsp3) is 0.259. The summed E-state index contributed by atoms with van der Waals surface area (Å²) in [5.74, 6) is 1.24. The van der Waals surface area contributed by atoms with Gasteiger partial charge in [0.05, 0.1) is 36.6 Å². The van der Waals surface area contributed by atoms with Crippen LogP contribution in [0.4, 0.5) is 11.4 Å². The predicted octanol–water partition coefficient (Wildman–Crippen LogP) is 5.59. The van der Waals surface area contributed by atoms with Crippen LogP contribution in [0, 0.1) is 6.57 Å². The number of fused-ring (bicyclic) bond motifs is 1. The van der Waals surface area contributed by atoms with Crippen molar-refractivity contribution in [2.24, 2.45) is 0 Å². The highest BCUT2D eigenvalue weighted by Gasteiger charge is 2.26. The van der Waals surface area contributed by atoms with Gasteiger partial charge in [-0.15, -0.1) is 0 Å². The van der Waals surface area contributed by atoms with E-state index in [1.165, 1.54) is 6.20 Å². The Morgan fingerprint density at radius 3 is 2.72 bits per heavy atom. The molecule has 0 radical (unpaired) electrons. The first-order chi connectivity index (χ1) is 17.6. The zero-order valence-electron chi connectivity index (χ0n) is 19.3. The number of aliphatic hydroxyl groups is 2. The Morgan fingerprint density at radius 1 is 1.19 bits per heavy atom. The summed E-state index contributed by atoms with van der Waals surface area (Å²) >= 11 is 6.57. The lowest BCUT2D eigenvalue weighted by atomic mass is 9.99. The van der Waals surface area contributed by atoms with Crippen LogP contribution in [0.2, 0.25) is 5.02 Å². The van der Waals surface area contributed by atoms with Gasteiger partial charge in [-0.2, -0.15) is 0 Å². The van der Waals surface area contributed by atoms with E-state index in [0.717, 1.165) is 6.42 Å². The average Bonchev–Trinajstić information content (AvgIpc) is 3.34. The molecule has 0 spiro atoms. The van der Waals surface area contributed by atoms with Crippen LogP contribution in [0.15, 0.2) is 60.9 Å². The van der Waals surface area contributed by atoms with E-state index >= 15 is 0 Å². The number of halogens is 1. The number of nitrogens with zero attached hydrogens (tertiary/aromatic N) is 2. The zero-order valence-corrected chi connectivity index (χ0v) is 20.1. The molecule has 1 aliphatic heterocycles. The number of aromatic amines is 1. The summed E-state index contributed by atoms with van der Waals surface area (Å²) in [5.41, 5.74) is 2.53. The molecule has 0 aliphatic carbocycles. The number of rotatable bonds is 7. The van der Waals surface area contributed by atoms with Crippen LogP contribution in [-0.4, -0.2) is 45.5 Å². The number of benzene rings is 2.